The van der Waals surface area contributed by atoms with Crippen LogP contribution in [-0.2, 0) is 6.54 Å². The van der Waals surface area contributed by atoms with Crippen LogP contribution in [-0.4, -0.2) is 16.7 Å². The third kappa shape index (κ3) is 2.43. The molecule has 2 aromatic heterocycles. The van der Waals surface area contributed by atoms with Crippen molar-refractivity contribution in [1.82, 2.24) is 15.5 Å². The van der Waals surface area contributed by atoms with Crippen LogP contribution in [0.15, 0.2) is 22.0 Å². The highest BCUT2D eigenvalue weighted by molar-refractivity contribution is 7.13. The summed E-state index contributed by atoms with van der Waals surface area (Å²) < 4.78 is 5.05. The summed E-state index contributed by atoms with van der Waals surface area (Å²) in [6.07, 6.45) is 5.10. The molecule has 0 aromatic carbocycles. The SMILES string of the molecule is C#CCNCc1nc(-c2cccs2)no1. The van der Waals surface area contributed by atoms with Crippen LogP contribution < -0.4 is 5.32 Å². The summed E-state index contributed by atoms with van der Waals surface area (Å²) in [4.78, 5) is 5.23. The van der Waals surface area contributed by atoms with Gasteiger partial charge in [-0.1, -0.05) is 17.1 Å². The fourth-order valence-corrected chi connectivity index (χ4v) is 1.72. The molecule has 0 bridgehead atoms. The summed E-state index contributed by atoms with van der Waals surface area (Å²) >= 11 is 1.58. The Morgan fingerprint density at radius 2 is 2.53 bits per heavy atom. The van der Waals surface area contributed by atoms with E-state index in [-0.39, 0.29) is 0 Å². The van der Waals surface area contributed by atoms with Gasteiger partial charge in [0, 0.05) is 0 Å². The van der Waals surface area contributed by atoms with Gasteiger partial charge in [0.15, 0.2) is 0 Å². The Balaban J connectivity index is 2.02. The van der Waals surface area contributed by atoms with Crippen LogP contribution in [0.1, 0.15) is 5.89 Å². The van der Waals surface area contributed by atoms with Crippen molar-refractivity contribution in [2.75, 3.05) is 6.54 Å². The van der Waals surface area contributed by atoms with Crippen molar-refractivity contribution in [2.45, 2.75) is 6.54 Å². The van der Waals surface area contributed by atoms with Gasteiger partial charge in [0.05, 0.1) is 18.0 Å². The fourth-order valence-electron chi connectivity index (χ4n) is 1.07. The van der Waals surface area contributed by atoms with Crippen molar-refractivity contribution in [2.24, 2.45) is 0 Å². The third-order valence-corrected chi connectivity index (χ3v) is 2.58. The summed E-state index contributed by atoms with van der Waals surface area (Å²) in [6.45, 7) is 0.999. The Kier molecular flexibility index (Phi) is 3.12. The second kappa shape index (κ2) is 4.73. The first-order chi connectivity index (χ1) is 7.40. The van der Waals surface area contributed by atoms with Crippen LogP contribution in [0.2, 0.25) is 0 Å². The lowest BCUT2D eigenvalue weighted by Crippen LogP contribution is -2.13. The minimum atomic E-state index is 0.497. The molecule has 0 fully saturated rings. The number of hydrogen-bond acceptors (Lipinski definition) is 5. The zero-order valence-electron chi connectivity index (χ0n) is 7.93. The maximum Gasteiger partial charge on any atom is 0.240 e. The molecule has 2 aromatic rings. The Morgan fingerprint density at radius 3 is 3.27 bits per heavy atom. The van der Waals surface area contributed by atoms with Crippen LogP contribution in [0.25, 0.3) is 10.7 Å². The molecule has 1 N–H and O–H groups in total. The topological polar surface area (TPSA) is 51.0 Å². The van der Waals surface area contributed by atoms with E-state index in [4.69, 9.17) is 10.9 Å². The molecule has 76 valence electrons. The van der Waals surface area contributed by atoms with Gasteiger partial charge in [-0.3, -0.25) is 5.32 Å². The molecule has 0 saturated carbocycles. The first-order valence-corrected chi connectivity index (χ1v) is 5.29. The second-order valence-corrected chi connectivity index (χ2v) is 3.74. The molecule has 5 heteroatoms. The van der Waals surface area contributed by atoms with Crippen molar-refractivity contribution in [3.63, 3.8) is 0 Å². The quantitative estimate of drug-likeness (QED) is 0.625. The molecule has 2 rings (SSSR count). The number of nitrogens with one attached hydrogen (secondary N) is 1. The Bertz CT molecular complexity index is 455. The molecule has 0 radical (unpaired) electrons. The molecule has 0 amide bonds. The predicted molar refractivity (Wildman–Crippen MR) is 58.2 cm³/mol. The van der Waals surface area contributed by atoms with Crippen molar-refractivity contribution >= 4 is 11.3 Å². The maximum atomic E-state index is 5.10. The highest BCUT2D eigenvalue weighted by Crippen LogP contribution is 2.20. The van der Waals surface area contributed by atoms with Gasteiger partial charge in [0.2, 0.25) is 11.7 Å². The molecule has 0 saturated heterocycles. The van der Waals surface area contributed by atoms with Gasteiger partial charge in [-0.05, 0) is 11.4 Å². The Hall–Kier alpha value is -1.64. The van der Waals surface area contributed by atoms with Gasteiger partial charge in [-0.25, -0.2) is 0 Å². The van der Waals surface area contributed by atoms with E-state index in [0.717, 1.165) is 4.88 Å². The summed E-state index contributed by atoms with van der Waals surface area (Å²) in [5.74, 6) is 3.65. The van der Waals surface area contributed by atoms with Crippen LogP contribution in [0.4, 0.5) is 0 Å². The van der Waals surface area contributed by atoms with E-state index in [2.05, 4.69) is 21.4 Å². The second-order valence-electron chi connectivity index (χ2n) is 2.80. The summed E-state index contributed by atoms with van der Waals surface area (Å²) in [6, 6.07) is 3.90. The number of hydrogen-bond donors (Lipinski definition) is 1. The van der Waals surface area contributed by atoms with Crippen molar-refractivity contribution in [1.29, 1.82) is 0 Å². The van der Waals surface area contributed by atoms with Gasteiger partial charge in [-0.2, -0.15) is 4.98 Å². The molecule has 2 heterocycles. The van der Waals surface area contributed by atoms with Gasteiger partial charge >= 0.3 is 0 Å². The van der Waals surface area contributed by atoms with E-state index < -0.39 is 0 Å². The lowest BCUT2D eigenvalue weighted by molar-refractivity contribution is 0.371. The normalized spacial score (nSPS) is 10.1. The van der Waals surface area contributed by atoms with Gasteiger partial charge in [0.1, 0.15) is 0 Å². The molecule has 0 unspecified atom stereocenters. The minimum absolute atomic E-state index is 0.497. The van der Waals surface area contributed by atoms with Crippen molar-refractivity contribution in [3.05, 3.63) is 23.4 Å². The van der Waals surface area contributed by atoms with Crippen LogP contribution in [0, 0.1) is 12.3 Å². The standard InChI is InChI=1S/C10H9N3OS/c1-2-5-11-7-9-12-10(13-14-9)8-4-3-6-15-8/h1,3-4,6,11H,5,7H2. The summed E-state index contributed by atoms with van der Waals surface area (Å²) in [5.41, 5.74) is 0. The Labute approximate surface area is 91.3 Å². The summed E-state index contributed by atoms with van der Waals surface area (Å²) in [5, 5.41) is 8.83. The van der Waals surface area contributed by atoms with Gasteiger partial charge < -0.3 is 4.52 Å². The lowest BCUT2D eigenvalue weighted by atomic mass is 10.4. The number of nitrogens with zero attached hydrogens (tertiary/aromatic N) is 2. The number of aromatic nitrogens is 2. The first kappa shape index (κ1) is 9.90. The number of thiophene rings is 1. The average Bonchev–Trinajstić information content (AvgIpc) is 2.87. The van der Waals surface area contributed by atoms with E-state index >= 15 is 0 Å². The van der Waals surface area contributed by atoms with Crippen molar-refractivity contribution in [3.8, 4) is 23.0 Å². The smallest absolute Gasteiger partial charge is 0.240 e. The van der Waals surface area contributed by atoms with Gasteiger partial charge in [0.25, 0.3) is 0 Å². The molecule has 0 spiro atoms. The van der Waals surface area contributed by atoms with Crippen LogP contribution in [0.5, 0.6) is 0 Å². The molecule has 4 nitrogen and oxygen atoms in total. The van der Waals surface area contributed by atoms with E-state index in [1.165, 1.54) is 0 Å². The van der Waals surface area contributed by atoms with E-state index in [1.54, 1.807) is 11.3 Å². The molecular formula is C10H9N3OS. The molecule has 15 heavy (non-hydrogen) atoms. The van der Waals surface area contributed by atoms with E-state index in [9.17, 15) is 0 Å². The van der Waals surface area contributed by atoms with E-state index in [0.29, 0.717) is 24.8 Å². The number of terminal acetylenes is 1. The minimum Gasteiger partial charge on any atom is -0.338 e. The van der Waals surface area contributed by atoms with E-state index in [1.807, 2.05) is 17.5 Å². The molecule has 0 aliphatic rings. The molecule has 0 aliphatic heterocycles. The predicted octanol–water partition coefficient (Wildman–Crippen LogP) is 1.52. The molecule has 0 aliphatic carbocycles. The monoisotopic (exact) mass is 219 g/mol. The number of rotatable bonds is 4. The highest BCUT2D eigenvalue weighted by Gasteiger charge is 2.08. The Morgan fingerprint density at radius 1 is 1.60 bits per heavy atom. The first-order valence-electron chi connectivity index (χ1n) is 4.41. The zero-order valence-corrected chi connectivity index (χ0v) is 8.75. The maximum absolute atomic E-state index is 5.10. The average molecular weight is 219 g/mol. The van der Waals surface area contributed by atoms with Crippen molar-refractivity contribution < 1.29 is 4.52 Å². The lowest BCUT2D eigenvalue weighted by Gasteiger charge is -1.91. The van der Waals surface area contributed by atoms with Gasteiger partial charge in [-0.15, -0.1) is 17.8 Å². The van der Waals surface area contributed by atoms with Crippen LogP contribution in [0.3, 0.4) is 0 Å². The zero-order chi connectivity index (χ0) is 10.5. The fraction of sp³-hybridized carbons (Fsp3) is 0.200. The molecule has 0 atom stereocenters. The highest BCUT2D eigenvalue weighted by atomic mass is 32.1. The summed E-state index contributed by atoms with van der Waals surface area (Å²) in [7, 11) is 0. The largest absolute Gasteiger partial charge is 0.338 e. The molecular weight excluding hydrogens is 210 g/mol. The van der Waals surface area contributed by atoms with Crippen LogP contribution >= 0.6 is 11.3 Å². The third-order valence-electron chi connectivity index (χ3n) is 1.71.